The van der Waals surface area contributed by atoms with E-state index in [1.165, 1.54) is 7.11 Å². The van der Waals surface area contributed by atoms with Crippen LogP contribution in [0.3, 0.4) is 0 Å². The number of carboxylic acids is 2. The van der Waals surface area contributed by atoms with Crippen molar-refractivity contribution in [2.75, 3.05) is 13.0 Å². The maximum absolute atomic E-state index is 10.5. The first-order valence-electron chi connectivity index (χ1n) is 4.90. The lowest BCUT2D eigenvalue weighted by Gasteiger charge is -2.07. The van der Waals surface area contributed by atoms with Crippen molar-refractivity contribution < 1.29 is 39.5 Å². The molecule has 0 rings (SSSR count). The molecule has 0 saturated heterocycles. The van der Waals surface area contributed by atoms with Gasteiger partial charge in [0.15, 0.2) is 12.2 Å². The first-order chi connectivity index (χ1) is 8.68. The van der Waals surface area contributed by atoms with Crippen molar-refractivity contribution in [2.24, 2.45) is 5.73 Å². The molecular weight excluding hydrogens is 286 g/mol. The average Bonchev–Trinajstić information content (AvgIpc) is 2.36. The normalized spacial score (nSPS) is 14.4. The van der Waals surface area contributed by atoms with Gasteiger partial charge in [-0.3, -0.25) is 4.79 Å². The Labute approximate surface area is 113 Å². The molecule has 0 heterocycles. The topological polar surface area (TPSA) is 167 Å². The van der Waals surface area contributed by atoms with Crippen LogP contribution >= 0.6 is 11.6 Å². The first-order valence-corrected chi connectivity index (χ1v) is 5.43. The second-order valence-corrected chi connectivity index (χ2v) is 3.55. The Balaban J connectivity index is 0. The van der Waals surface area contributed by atoms with Crippen molar-refractivity contribution in [2.45, 2.75) is 24.7 Å². The van der Waals surface area contributed by atoms with Crippen LogP contribution in [-0.4, -0.2) is 69.6 Å². The van der Waals surface area contributed by atoms with Crippen molar-refractivity contribution in [3.05, 3.63) is 0 Å². The van der Waals surface area contributed by atoms with Crippen LogP contribution in [-0.2, 0) is 19.1 Å². The fourth-order valence-electron chi connectivity index (χ4n) is 0.657. The Morgan fingerprint density at radius 1 is 1.16 bits per heavy atom. The molecular formula is C9H16ClNO8. The standard InChI is InChI=1S/C5H10ClNO2.C4H6O6/c1-9-5(8)4(7)2-3-6;5-1(3(7)8)2(6)4(9)10/h4H,2-3,7H2,1H3;1-2,5-6H,(H,7,8)(H,9,10)/t4-;1-,2-/m01/s1. The number of rotatable bonds is 6. The zero-order chi connectivity index (χ0) is 15.6. The molecule has 0 radical (unpaired) electrons. The monoisotopic (exact) mass is 301 g/mol. The molecule has 10 heteroatoms. The molecule has 0 bridgehead atoms. The van der Waals surface area contributed by atoms with E-state index in [4.69, 9.17) is 37.8 Å². The molecule has 3 atom stereocenters. The highest BCUT2D eigenvalue weighted by molar-refractivity contribution is 6.18. The lowest BCUT2D eigenvalue weighted by Crippen LogP contribution is -2.39. The van der Waals surface area contributed by atoms with E-state index in [-0.39, 0.29) is 0 Å². The molecule has 0 unspecified atom stereocenters. The van der Waals surface area contributed by atoms with Crippen LogP contribution in [0.5, 0.6) is 0 Å². The van der Waals surface area contributed by atoms with Crippen molar-refractivity contribution in [3.63, 3.8) is 0 Å². The summed E-state index contributed by atoms with van der Waals surface area (Å²) < 4.78 is 4.34. The largest absolute Gasteiger partial charge is 0.479 e. The SMILES string of the molecule is COC(=O)[C@@H](N)CCCl.O=C(O)[C@H](O)[C@@H](O)C(=O)O. The predicted molar refractivity (Wildman–Crippen MR) is 62.6 cm³/mol. The minimum absolute atomic E-state index is 0.385. The summed E-state index contributed by atoms with van der Waals surface area (Å²) in [5.74, 6) is -3.56. The number of methoxy groups -OCH3 is 1. The maximum atomic E-state index is 10.5. The number of carboxylic acid groups (broad SMARTS) is 2. The van der Waals surface area contributed by atoms with Gasteiger partial charge in [0, 0.05) is 5.88 Å². The van der Waals surface area contributed by atoms with Gasteiger partial charge in [0.2, 0.25) is 0 Å². The van der Waals surface area contributed by atoms with Crippen molar-refractivity contribution in [1.29, 1.82) is 0 Å². The van der Waals surface area contributed by atoms with E-state index in [9.17, 15) is 14.4 Å². The van der Waals surface area contributed by atoms with Gasteiger partial charge in [0.1, 0.15) is 6.04 Å². The quantitative estimate of drug-likeness (QED) is 0.275. The fraction of sp³-hybridized carbons (Fsp3) is 0.667. The van der Waals surface area contributed by atoms with Gasteiger partial charge >= 0.3 is 17.9 Å². The van der Waals surface area contributed by atoms with E-state index in [2.05, 4.69) is 4.74 Å². The fourth-order valence-corrected chi connectivity index (χ4v) is 0.892. The molecule has 0 aromatic heterocycles. The van der Waals surface area contributed by atoms with Crippen LogP contribution in [0.4, 0.5) is 0 Å². The number of hydrogen-bond acceptors (Lipinski definition) is 7. The number of aliphatic hydroxyl groups excluding tert-OH is 2. The molecule has 6 N–H and O–H groups in total. The minimum Gasteiger partial charge on any atom is -0.479 e. The van der Waals surface area contributed by atoms with Crippen molar-refractivity contribution in [3.8, 4) is 0 Å². The molecule has 0 aliphatic rings. The second-order valence-electron chi connectivity index (χ2n) is 3.17. The van der Waals surface area contributed by atoms with E-state index in [1.807, 2.05) is 0 Å². The van der Waals surface area contributed by atoms with Gasteiger partial charge in [-0.25, -0.2) is 9.59 Å². The first kappa shape index (κ1) is 19.9. The molecule has 0 aromatic carbocycles. The van der Waals surface area contributed by atoms with E-state index >= 15 is 0 Å². The summed E-state index contributed by atoms with van der Waals surface area (Å²) in [5, 5.41) is 32.5. The van der Waals surface area contributed by atoms with Crippen LogP contribution in [0.15, 0.2) is 0 Å². The smallest absolute Gasteiger partial charge is 0.335 e. The Morgan fingerprint density at radius 3 is 1.74 bits per heavy atom. The second kappa shape index (κ2) is 10.5. The Morgan fingerprint density at radius 2 is 1.53 bits per heavy atom. The highest BCUT2D eigenvalue weighted by Gasteiger charge is 2.29. The minimum atomic E-state index is -2.27. The molecule has 9 nitrogen and oxygen atoms in total. The number of aliphatic carboxylic acids is 2. The number of carbonyl (C=O) groups is 3. The molecule has 0 aromatic rings. The van der Waals surface area contributed by atoms with Gasteiger partial charge < -0.3 is 30.9 Å². The molecule has 0 fully saturated rings. The summed E-state index contributed by atoms with van der Waals surface area (Å²) in [4.78, 5) is 30.0. The van der Waals surface area contributed by atoms with Crippen LogP contribution in [0.25, 0.3) is 0 Å². The molecule has 0 amide bonds. The molecule has 0 spiro atoms. The number of nitrogens with two attached hydrogens (primary N) is 1. The van der Waals surface area contributed by atoms with Crippen LogP contribution in [0, 0.1) is 0 Å². The number of halogens is 1. The van der Waals surface area contributed by atoms with Crippen molar-refractivity contribution in [1.82, 2.24) is 0 Å². The molecule has 112 valence electrons. The number of aliphatic hydroxyl groups is 2. The van der Waals surface area contributed by atoms with E-state index in [1.54, 1.807) is 0 Å². The summed E-state index contributed by atoms with van der Waals surface area (Å²) in [7, 11) is 1.30. The van der Waals surface area contributed by atoms with E-state index in [0.29, 0.717) is 12.3 Å². The van der Waals surface area contributed by atoms with Crippen LogP contribution in [0.2, 0.25) is 0 Å². The van der Waals surface area contributed by atoms with E-state index < -0.39 is 36.2 Å². The molecule has 19 heavy (non-hydrogen) atoms. The average molecular weight is 302 g/mol. The maximum Gasteiger partial charge on any atom is 0.335 e. The third-order valence-electron chi connectivity index (χ3n) is 1.73. The van der Waals surface area contributed by atoms with Gasteiger partial charge in [-0.2, -0.15) is 0 Å². The Hall–Kier alpha value is -1.42. The zero-order valence-electron chi connectivity index (χ0n) is 10.0. The summed E-state index contributed by atoms with van der Waals surface area (Å²) in [5.41, 5.74) is 5.28. The van der Waals surface area contributed by atoms with Gasteiger partial charge in [0.25, 0.3) is 0 Å². The van der Waals surface area contributed by atoms with Gasteiger partial charge in [-0.15, -0.1) is 11.6 Å². The summed E-state index contributed by atoms with van der Waals surface area (Å²) in [6, 6.07) is -0.563. The van der Waals surface area contributed by atoms with Crippen LogP contribution < -0.4 is 5.73 Å². The number of alkyl halides is 1. The number of hydrogen-bond donors (Lipinski definition) is 5. The third kappa shape index (κ3) is 9.19. The number of ether oxygens (including phenoxy) is 1. The summed E-state index contributed by atoms with van der Waals surface area (Å²) in [6.45, 7) is 0. The molecule has 0 saturated carbocycles. The third-order valence-corrected chi connectivity index (χ3v) is 1.95. The number of carbonyl (C=O) groups excluding carboxylic acids is 1. The highest BCUT2D eigenvalue weighted by Crippen LogP contribution is 1.93. The lowest BCUT2D eigenvalue weighted by molar-refractivity contribution is -0.165. The predicted octanol–water partition coefficient (Wildman–Crippen LogP) is -2.01. The summed E-state index contributed by atoms with van der Waals surface area (Å²) in [6.07, 6.45) is -4.07. The van der Waals surface area contributed by atoms with Gasteiger partial charge in [-0.1, -0.05) is 0 Å². The Bertz CT molecular complexity index is 293. The van der Waals surface area contributed by atoms with Crippen molar-refractivity contribution >= 4 is 29.5 Å². The number of esters is 1. The highest BCUT2D eigenvalue weighted by atomic mass is 35.5. The van der Waals surface area contributed by atoms with E-state index in [0.717, 1.165) is 0 Å². The zero-order valence-corrected chi connectivity index (χ0v) is 10.8. The Kier molecular flexibility index (Phi) is 11.0. The molecule has 0 aliphatic heterocycles. The van der Waals surface area contributed by atoms with Crippen LogP contribution in [0.1, 0.15) is 6.42 Å². The van der Waals surface area contributed by atoms with Gasteiger partial charge in [0.05, 0.1) is 7.11 Å². The summed E-state index contributed by atoms with van der Waals surface area (Å²) >= 11 is 5.31. The molecule has 0 aliphatic carbocycles. The van der Waals surface area contributed by atoms with Gasteiger partial charge in [-0.05, 0) is 6.42 Å². The lowest BCUT2D eigenvalue weighted by atomic mass is 10.2.